The van der Waals surface area contributed by atoms with Crippen LogP contribution in [0.3, 0.4) is 0 Å². The van der Waals surface area contributed by atoms with Crippen LogP contribution in [0.25, 0.3) is 0 Å². The predicted octanol–water partition coefficient (Wildman–Crippen LogP) is 1.65. The van der Waals surface area contributed by atoms with Gasteiger partial charge in [-0.25, -0.2) is 9.79 Å². The third-order valence-corrected chi connectivity index (χ3v) is 4.67. The lowest BCUT2D eigenvalue weighted by Crippen LogP contribution is -2.63. The van der Waals surface area contributed by atoms with Gasteiger partial charge in [-0.2, -0.15) is 0 Å². The van der Waals surface area contributed by atoms with Gasteiger partial charge in [0.25, 0.3) is 5.91 Å². The fraction of sp³-hybridized carbons (Fsp3) is 0.609. The summed E-state index contributed by atoms with van der Waals surface area (Å²) in [5.41, 5.74) is 1.08. The number of aliphatic imine (C=N–C) groups is 1. The molecule has 3 N–H and O–H groups in total. The molecule has 0 spiro atoms. The molecule has 9 heteroatoms. The number of nitrogens with zero attached hydrogens (tertiary/aromatic N) is 3. The van der Waals surface area contributed by atoms with Crippen LogP contribution in [0.15, 0.2) is 29.3 Å². The minimum Gasteiger partial charge on any atom is -0.444 e. The molecule has 178 valence electrons. The molecule has 0 aromatic heterocycles. The fourth-order valence-electron chi connectivity index (χ4n) is 3.04. The van der Waals surface area contributed by atoms with E-state index in [2.05, 4.69) is 20.9 Å². The average Bonchev–Trinajstić information content (AvgIpc) is 2.66. The molecule has 1 heterocycles. The second-order valence-corrected chi connectivity index (χ2v) is 9.18. The highest BCUT2D eigenvalue weighted by Crippen LogP contribution is 2.15. The normalized spacial score (nSPS) is 14.7. The first-order chi connectivity index (χ1) is 15.1. The number of rotatable bonds is 8. The molecule has 1 saturated heterocycles. The van der Waals surface area contributed by atoms with Crippen LogP contribution in [0.5, 0.6) is 0 Å². The maximum absolute atomic E-state index is 12.4. The number of nitrogens with one attached hydrogen (secondary N) is 3. The zero-order chi connectivity index (χ0) is 23.7. The van der Waals surface area contributed by atoms with E-state index in [1.54, 1.807) is 11.0 Å². The quantitative estimate of drug-likeness (QED) is 0.415. The number of carbonyl (C=O) groups is 2. The largest absolute Gasteiger partial charge is 0.444 e. The van der Waals surface area contributed by atoms with Crippen molar-refractivity contribution in [3.05, 3.63) is 35.4 Å². The number of hydrogen-bond donors (Lipinski definition) is 3. The molecule has 0 bridgehead atoms. The van der Waals surface area contributed by atoms with Crippen LogP contribution in [-0.4, -0.2) is 86.2 Å². The summed E-state index contributed by atoms with van der Waals surface area (Å²) in [6, 6.07) is 7.62. The number of likely N-dealkylation sites (tertiary alicyclic amines) is 1. The predicted molar refractivity (Wildman–Crippen MR) is 127 cm³/mol. The van der Waals surface area contributed by atoms with E-state index in [4.69, 9.17) is 4.74 Å². The van der Waals surface area contributed by atoms with Gasteiger partial charge in [-0.1, -0.05) is 12.1 Å². The fourth-order valence-corrected chi connectivity index (χ4v) is 3.04. The summed E-state index contributed by atoms with van der Waals surface area (Å²) in [4.78, 5) is 32.8. The third kappa shape index (κ3) is 8.74. The van der Waals surface area contributed by atoms with Gasteiger partial charge in [0.15, 0.2) is 5.96 Å². The van der Waals surface area contributed by atoms with Crippen molar-refractivity contribution in [2.45, 2.75) is 45.9 Å². The zero-order valence-corrected chi connectivity index (χ0v) is 20.2. The second-order valence-electron chi connectivity index (χ2n) is 9.18. The zero-order valence-electron chi connectivity index (χ0n) is 20.2. The van der Waals surface area contributed by atoms with Crippen LogP contribution in [0.4, 0.5) is 4.79 Å². The van der Waals surface area contributed by atoms with Crippen LogP contribution in [0.1, 0.15) is 43.6 Å². The van der Waals surface area contributed by atoms with Crippen molar-refractivity contribution in [1.29, 1.82) is 0 Å². The topological polar surface area (TPSA) is 98.3 Å². The van der Waals surface area contributed by atoms with Gasteiger partial charge in [-0.3, -0.25) is 4.79 Å². The highest BCUT2D eigenvalue weighted by molar-refractivity contribution is 5.94. The molecule has 2 amide bonds. The van der Waals surface area contributed by atoms with Crippen molar-refractivity contribution >= 4 is 18.0 Å². The van der Waals surface area contributed by atoms with Gasteiger partial charge in [0.1, 0.15) is 5.60 Å². The number of benzene rings is 1. The number of carbonyl (C=O) groups excluding carboxylic acids is 2. The maximum Gasteiger partial charge on any atom is 0.410 e. The maximum atomic E-state index is 12.4. The monoisotopic (exact) mass is 446 g/mol. The van der Waals surface area contributed by atoms with Gasteiger partial charge < -0.3 is 30.5 Å². The Balaban J connectivity index is 1.88. The molecule has 2 rings (SSSR count). The SMILES string of the molecule is CCNC(=NCc1cccc(C(=O)NCCN(C)C)c1)NC1CN(C(=O)OC(C)(C)C)C1. The van der Waals surface area contributed by atoms with Crippen LogP contribution >= 0.6 is 0 Å². The van der Waals surface area contributed by atoms with Gasteiger partial charge in [-0.15, -0.1) is 0 Å². The Morgan fingerprint density at radius 2 is 1.94 bits per heavy atom. The first-order valence-electron chi connectivity index (χ1n) is 11.1. The molecular formula is C23H38N6O3. The van der Waals surface area contributed by atoms with E-state index in [0.717, 1.165) is 18.7 Å². The van der Waals surface area contributed by atoms with E-state index < -0.39 is 5.60 Å². The van der Waals surface area contributed by atoms with E-state index in [9.17, 15) is 9.59 Å². The average molecular weight is 447 g/mol. The Labute approximate surface area is 191 Å². The molecule has 1 aliphatic rings. The molecular weight excluding hydrogens is 408 g/mol. The number of amides is 2. The molecule has 1 aliphatic heterocycles. The van der Waals surface area contributed by atoms with Crippen molar-refractivity contribution in [3.63, 3.8) is 0 Å². The van der Waals surface area contributed by atoms with Crippen LogP contribution in [0, 0.1) is 0 Å². The summed E-state index contributed by atoms with van der Waals surface area (Å²) in [5.74, 6) is 0.599. The summed E-state index contributed by atoms with van der Waals surface area (Å²) in [5, 5.41) is 9.51. The smallest absolute Gasteiger partial charge is 0.410 e. The summed E-state index contributed by atoms with van der Waals surface area (Å²) in [7, 11) is 3.94. The van der Waals surface area contributed by atoms with E-state index >= 15 is 0 Å². The highest BCUT2D eigenvalue weighted by Gasteiger charge is 2.34. The molecule has 1 aromatic rings. The second kappa shape index (κ2) is 11.7. The van der Waals surface area contributed by atoms with Crippen molar-refractivity contribution in [1.82, 2.24) is 25.8 Å². The molecule has 0 aliphatic carbocycles. The number of likely N-dealkylation sites (N-methyl/N-ethyl adjacent to an activating group) is 1. The van der Waals surface area contributed by atoms with Crippen molar-refractivity contribution in [3.8, 4) is 0 Å². The molecule has 9 nitrogen and oxygen atoms in total. The minimum atomic E-state index is -0.496. The summed E-state index contributed by atoms with van der Waals surface area (Å²) < 4.78 is 5.39. The molecule has 1 fully saturated rings. The number of hydrogen-bond acceptors (Lipinski definition) is 5. The van der Waals surface area contributed by atoms with Crippen LogP contribution < -0.4 is 16.0 Å². The molecule has 32 heavy (non-hydrogen) atoms. The van der Waals surface area contributed by atoms with E-state index in [0.29, 0.717) is 37.7 Å². The van der Waals surface area contributed by atoms with Gasteiger partial charge in [0.2, 0.25) is 0 Å². The summed E-state index contributed by atoms with van der Waals surface area (Å²) >= 11 is 0. The highest BCUT2D eigenvalue weighted by atomic mass is 16.6. The lowest BCUT2D eigenvalue weighted by Gasteiger charge is -2.40. The van der Waals surface area contributed by atoms with E-state index in [-0.39, 0.29) is 18.0 Å². The molecule has 0 unspecified atom stereocenters. The van der Waals surface area contributed by atoms with Gasteiger partial charge >= 0.3 is 6.09 Å². The first-order valence-corrected chi connectivity index (χ1v) is 11.1. The Kier molecular flexibility index (Phi) is 9.31. The van der Waals surface area contributed by atoms with E-state index in [1.165, 1.54) is 0 Å². The van der Waals surface area contributed by atoms with Gasteiger partial charge in [0.05, 0.1) is 12.6 Å². The summed E-state index contributed by atoms with van der Waals surface area (Å²) in [6.45, 7) is 11.3. The van der Waals surface area contributed by atoms with Crippen LogP contribution in [-0.2, 0) is 11.3 Å². The lowest BCUT2D eigenvalue weighted by atomic mass is 10.1. The minimum absolute atomic E-state index is 0.0839. The van der Waals surface area contributed by atoms with E-state index in [1.807, 2.05) is 64.9 Å². The Morgan fingerprint density at radius 1 is 1.22 bits per heavy atom. The van der Waals surface area contributed by atoms with Crippen LogP contribution in [0.2, 0.25) is 0 Å². The number of guanidine groups is 1. The van der Waals surface area contributed by atoms with Gasteiger partial charge in [-0.05, 0) is 59.5 Å². The molecule has 0 atom stereocenters. The standard InChI is InChI=1S/C23H38N6O3/c1-7-24-21(27-19-15-29(16-19)22(31)32-23(2,3)4)26-14-17-9-8-10-18(13-17)20(30)25-11-12-28(5)6/h8-10,13,19H,7,11-12,14-16H2,1-6H3,(H,25,30)(H2,24,26,27). The number of ether oxygens (including phenoxy) is 1. The first kappa shape index (κ1) is 25.5. The van der Waals surface area contributed by atoms with Crippen molar-refractivity contribution in [2.75, 3.05) is 46.8 Å². The Bertz CT molecular complexity index is 797. The van der Waals surface area contributed by atoms with Gasteiger partial charge in [0, 0.05) is 38.3 Å². The van der Waals surface area contributed by atoms with Crippen molar-refractivity contribution < 1.29 is 14.3 Å². The third-order valence-electron chi connectivity index (χ3n) is 4.67. The molecule has 0 radical (unpaired) electrons. The molecule has 1 aromatic carbocycles. The Hall–Kier alpha value is -2.81. The molecule has 0 saturated carbocycles. The summed E-state index contributed by atoms with van der Waals surface area (Å²) in [6.07, 6.45) is -0.293. The lowest BCUT2D eigenvalue weighted by molar-refractivity contribution is 0.00700. The van der Waals surface area contributed by atoms with Crippen molar-refractivity contribution in [2.24, 2.45) is 4.99 Å². The Morgan fingerprint density at radius 3 is 2.56 bits per heavy atom.